The molecule has 0 fully saturated rings. The third-order valence-electron chi connectivity index (χ3n) is 2.22. The van der Waals surface area contributed by atoms with E-state index < -0.39 is 6.10 Å². The molecule has 0 amide bonds. The van der Waals surface area contributed by atoms with Crippen LogP contribution < -0.4 is 0 Å². The van der Waals surface area contributed by atoms with Crippen molar-refractivity contribution in [3.05, 3.63) is 29.1 Å². The second kappa shape index (κ2) is 3.70. The van der Waals surface area contributed by atoms with E-state index in [0.717, 1.165) is 17.0 Å². The summed E-state index contributed by atoms with van der Waals surface area (Å²) in [4.78, 5) is 4.35. The molecule has 14 heavy (non-hydrogen) atoms. The summed E-state index contributed by atoms with van der Waals surface area (Å²) in [5.41, 5.74) is 2.72. The molecule has 1 atom stereocenters. The standard InChI is InChI=1S/C12H19NO/c1-8-6-9(2)13-10(7-8)11(14)12(3,4)5/h6-7,11,14H,1-5H3. The summed E-state index contributed by atoms with van der Waals surface area (Å²) in [6.07, 6.45) is -0.499. The number of aryl methyl sites for hydroxylation is 2. The molecule has 0 aliphatic rings. The molecule has 0 spiro atoms. The Hall–Kier alpha value is -0.890. The molecule has 1 rings (SSSR count). The van der Waals surface area contributed by atoms with Crippen molar-refractivity contribution in [2.24, 2.45) is 5.41 Å². The fourth-order valence-electron chi connectivity index (χ4n) is 1.46. The van der Waals surface area contributed by atoms with Crippen LogP contribution in [0.1, 0.15) is 43.8 Å². The Morgan fingerprint density at radius 3 is 2.21 bits per heavy atom. The van der Waals surface area contributed by atoms with E-state index in [4.69, 9.17) is 0 Å². The van der Waals surface area contributed by atoms with E-state index in [0.29, 0.717) is 0 Å². The Labute approximate surface area is 86.0 Å². The molecule has 0 bridgehead atoms. The van der Waals surface area contributed by atoms with Crippen molar-refractivity contribution in [3.63, 3.8) is 0 Å². The highest BCUT2D eigenvalue weighted by Crippen LogP contribution is 2.31. The Morgan fingerprint density at radius 1 is 1.21 bits per heavy atom. The number of hydrogen-bond acceptors (Lipinski definition) is 2. The lowest BCUT2D eigenvalue weighted by Gasteiger charge is -2.25. The molecule has 0 aromatic carbocycles. The quantitative estimate of drug-likeness (QED) is 0.744. The molecule has 1 aromatic rings. The maximum Gasteiger partial charge on any atom is 0.101 e. The SMILES string of the molecule is Cc1cc(C)nc(C(O)C(C)(C)C)c1. The first-order chi connectivity index (χ1) is 6.30. The van der Waals surface area contributed by atoms with Crippen molar-refractivity contribution in [3.8, 4) is 0 Å². The summed E-state index contributed by atoms with van der Waals surface area (Å²) < 4.78 is 0. The van der Waals surface area contributed by atoms with Crippen LogP contribution in [-0.4, -0.2) is 10.1 Å². The zero-order chi connectivity index (χ0) is 10.9. The van der Waals surface area contributed by atoms with Gasteiger partial charge in [0.1, 0.15) is 6.10 Å². The van der Waals surface area contributed by atoms with Gasteiger partial charge in [-0.15, -0.1) is 0 Å². The maximum atomic E-state index is 10.0. The van der Waals surface area contributed by atoms with Crippen molar-refractivity contribution in [2.45, 2.75) is 40.7 Å². The predicted molar refractivity (Wildman–Crippen MR) is 58.1 cm³/mol. The van der Waals surface area contributed by atoms with Gasteiger partial charge in [-0.3, -0.25) is 4.98 Å². The first-order valence-corrected chi connectivity index (χ1v) is 4.94. The van der Waals surface area contributed by atoms with Gasteiger partial charge in [0, 0.05) is 5.69 Å². The Bertz CT molecular complexity index is 305. The van der Waals surface area contributed by atoms with Crippen LogP contribution in [0.25, 0.3) is 0 Å². The number of aliphatic hydroxyl groups excluding tert-OH is 1. The molecule has 0 saturated carbocycles. The number of aliphatic hydroxyl groups is 1. The van der Waals surface area contributed by atoms with Gasteiger partial charge in [-0.05, 0) is 37.0 Å². The summed E-state index contributed by atoms with van der Waals surface area (Å²) in [5.74, 6) is 0. The lowest BCUT2D eigenvalue weighted by atomic mass is 9.86. The molecular formula is C12H19NO. The number of rotatable bonds is 1. The number of pyridine rings is 1. The second-order valence-corrected chi connectivity index (χ2v) is 4.98. The monoisotopic (exact) mass is 193 g/mol. The van der Waals surface area contributed by atoms with E-state index in [1.807, 2.05) is 46.8 Å². The molecular weight excluding hydrogens is 174 g/mol. The van der Waals surface area contributed by atoms with Gasteiger partial charge in [-0.25, -0.2) is 0 Å². The van der Waals surface area contributed by atoms with E-state index in [-0.39, 0.29) is 5.41 Å². The number of nitrogens with zero attached hydrogens (tertiary/aromatic N) is 1. The summed E-state index contributed by atoms with van der Waals surface area (Å²) in [6, 6.07) is 3.96. The first kappa shape index (κ1) is 11.2. The molecule has 1 aromatic heterocycles. The number of aromatic nitrogens is 1. The van der Waals surface area contributed by atoms with Crippen LogP contribution in [-0.2, 0) is 0 Å². The van der Waals surface area contributed by atoms with Crippen LogP contribution in [0.4, 0.5) is 0 Å². The summed E-state index contributed by atoms with van der Waals surface area (Å²) in [6.45, 7) is 10.0. The molecule has 0 radical (unpaired) electrons. The minimum absolute atomic E-state index is 0.159. The topological polar surface area (TPSA) is 33.1 Å². The normalized spacial score (nSPS) is 14.1. The van der Waals surface area contributed by atoms with Gasteiger partial charge in [0.2, 0.25) is 0 Å². The van der Waals surface area contributed by atoms with Crippen molar-refractivity contribution in [1.29, 1.82) is 0 Å². The van der Waals surface area contributed by atoms with Crippen LogP contribution in [0.3, 0.4) is 0 Å². The molecule has 1 heterocycles. The molecule has 0 saturated heterocycles. The fourth-order valence-corrected chi connectivity index (χ4v) is 1.46. The minimum Gasteiger partial charge on any atom is -0.386 e. The Kier molecular flexibility index (Phi) is 2.95. The van der Waals surface area contributed by atoms with Gasteiger partial charge in [0.15, 0.2) is 0 Å². The highest BCUT2D eigenvalue weighted by atomic mass is 16.3. The van der Waals surface area contributed by atoms with E-state index in [1.54, 1.807) is 0 Å². The molecule has 0 aliphatic heterocycles. The molecule has 2 nitrogen and oxygen atoms in total. The maximum absolute atomic E-state index is 10.0. The van der Waals surface area contributed by atoms with E-state index >= 15 is 0 Å². The zero-order valence-electron chi connectivity index (χ0n) is 9.63. The smallest absolute Gasteiger partial charge is 0.101 e. The van der Waals surface area contributed by atoms with Crippen LogP contribution in [0.15, 0.2) is 12.1 Å². The summed E-state index contributed by atoms with van der Waals surface area (Å²) in [5, 5.41) is 10.0. The highest BCUT2D eigenvalue weighted by Gasteiger charge is 2.25. The first-order valence-electron chi connectivity index (χ1n) is 4.94. The Balaban J connectivity index is 3.07. The lowest BCUT2D eigenvalue weighted by Crippen LogP contribution is -2.19. The minimum atomic E-state index is -0.499. The van der Waals surface area contributed by atoms with E-state index in [2.05, 4.69) is 4.98 Å². The fraction of sp³-hybridized carbons (Fsp3) is 0.583. The van der Waals surface area contributed by atoms with Crippen LogP contribution in [0, 0.1) is 19.3 Å². The average Bonchev–Trinajstić information content (AvgIpc) is 1.99. The molecule has 0 aliphatic carbocycles. The van der Waals surface area contributed by atoms with E-state index in [9.17, 15) is 5.11 Å². The van der Waals surface area contributed by atoms with Crippen LogP contribution in [0.5, 0.6) is 0 Å². The van der Waals surface area contributed by atoms with Gasteiger partial charge >= 0.3 is 0 Å². The third kappa shape index (κ3) is 2.55. The van der Waals surface area contributed by atoms with Gasteiger partial charge in [0.05, 0.1) is 5.69 Å². The predicted octanol–water partition coefficient (Wildman–Crippen LogP) is 2.78. The lowest BCUT2D eigenvalue weighted by molar-refractivity contribution is 0.0587. The van der Waals surface area contributed by atoms with Crippen LogP contribution in [0.2, 0.25) is 0 Å². The highest BCUT2D eigenvalue weighted by molar-refractivity contribution is 5.21. The summed E-state index contributed by atoms with van der Waals surface area (Å²) in [7, 11) is 0. The third-order valence-corrected chi connectivity index (χ3v) is 2.22. The van der Waals surface area contributed by atoms with Gasteiger partial charge < -0.3 is 5.11 Å². The van der Waals surface area contributed by atoms with Crippen molar-refractivity contribution in [1.82, 2.24) is 4.98 Å². The second-order valence-electron chi connectivity index (χ2n) is 4.98. The number of hydrogen-bond donors (Lipinski definition) is 1. The van der Waals surface area contributed by atoms with Crippen molar-refractivity contribution in [2.75, 3.05) is 0 Å². The van der Waals surface area contributed by atoms with Crippen molar-refractivity contribution >= 4 is 0 Å². The van der Waals surface area contributed by atoms with Gasteiger partial charge in [-0.1, -0.05) is 20.8 Å². The molecule has 2 heteroatoms. The Morgan fingerprint density at radius 2 is 1.79 bits per heavy atom. The molecule has 78 valence electrons. The van der Waals surface area contributed by atoms with Crippen LogP contribution >= 0.6 is 0 Å². The van der Waals surface area contributed by atoms with E-state index in [1.165, 1.54) is 0 Å². The van der Waals surface area contributed by atoms with Gasteiger partial charge in [-0.2, -0.15) is 0 Å². The van der Waals surface area contributed by atoms with Gasteiger partial charge in [0.25, 0.3) is 0 Å². The van der Waals surface area contributed by atoms with Crippen molar-refractivity contribution < 1.29 is 5.11 Å². The average molecular weight is 193 g/mol. The zero-order valence-corrected chi connectivity index (χ0v) is 9.63. The molecule has 1 unspecified atom stereocenters. The summed E-state index contributed by atoms with van der Waals surface area (Å²) >= 11 is 0. The largest absolute Gasteiger partial charge is 0.386 e. The molecule has 1 N–H and O–H groups in total.